The summed E-state index contributed by atoms with van der Waals surface area (Å²) in [6, 6.07) is 6.23. The third-order valence-electron chi connectivity index (χ3n) is 4.41. The highest BCUT2D eigenvalue weighted by molar-refractivity contribution is 5.94. The first-order chi connectivity index (χ1) is 13.8. The number of aliphatic hydroxyl groups is 3. The Balaban J connectivity index is 2.16. The minimum Gasteiger partial charge on any atom is -0.465 e. The van der Waals surface area contributed by atoms with Crippen LogP contribution in [-0.4, -0.2) is 71.2 Å². The lowest BCUT2D eigenvalue weighted by molar-refractivity contribution is -0.275. The molecule has 0 bridgehead atoms. The summed E-state index contributed by atoms with van der Waals surface area (Å²) in [6.07, 6.45) is -7.65. The number of hydrogen-bond donors (Lipinski definition) is 4. The summed E-state index contributed by atoms with van der Waals surface area (Å²) < 4.78 is 20.9. The summed E-state index contributed by atoms with van der Waals surface area (Å²) in [6.45, 7) is 3.27. The molecule has 0 radical (unpaired) electrons. The van der Waals surface area contributed by atoms with E-state index < -0.39 is 48.6 Å². The van der Waals surface area contributed by atoms with E-state index in [1.165, 1.54) is 12.1 Å². The van der Waals surface area contributed by atoms with Gasteiger partial charge in [-0.25, -0.2) is 0 Å². The number of hydrogen-bond acceptors (Lipinski definition) is 10. The van der Waals surface area contributed by atoms with E-state index in [0.717, 1.165) is 0 Å². The van der Waals surface area contributed by atoms with Crippen molar-refractivity contribution >= 4 is 17.6 Å². The van der Waals surface area contributed by atoms with Crippen LogP contribution in [0.1, 0.15) is 20.3 Å². The Labute approximate surface area is 168 Å². The van der Waals surface area contributed by atoms with Gasteiger partial charge in [-0.05, 0) is 38.1 Å². The molecular formula is C19H27NO9. The number of anilines is 1. The molecule has 1 heterocycles. The van der Waals surface area contributed by atoms with Crippen molar-refractivity contribution in [2.24, 2.45) is 5.92 Å². The molecular weight excluding hydrogens is 386 g/mol. The van der Waals surface area contributed by atoms with Crippen molar-refractivity contribution in [1.29, 1.82) is 0 Å². The molecule has 0 aromatic heterocycles. The fraction of sp³-hybridized carbons (Fsp3) is 0.579. The lowest BCUT2D eigenvalue weighted by Crippen LogP contribution is -2.59. The third kappa shape index (κ3) is 5.80. The second-order valence-electron chi connectivity index (χ2n) is 6.49. The van der Waals surface area contributed by atoms with Crippen LogP contribution in [0.2, 0.25) is 0 Å². The minimum atomic E-state index is -1.63. The average molecular weight is 413 g/mol. The Kier molecular flexibility index (Phi) is 8.21. The lowest BCUT2D eigenvalue weighted by Gasteiger charge is -2.40. The fourth-order valence-corrected chi connectivity index (χ4v) is 2.90. The predicted molar refractivity (Wildman–Crippen MR) is 99.5 cm³/mol. The largest absolute Gasteiger partial charge is 0.465 e. The van der Waals surface area contributed by atoms with Crippen LogP contribution in [0, 0.1) is 5.92 Å². The molecule has 0 saturated carbocycles. The molecule has 1 saturated heterocycles. The van der Waals surface area contributed by atoms with Crippen molar-refractivity contribution in [2.75, 3.05) is 18.9 Å². The number of ether oxygens (including phenoxy) is 4. The zero-order valence-corrected chi connectivity index (χ0v) is 16.3. The molecule has 1 fully saturated rings. The van der Waals surface area contributed by atoms with Crippen LogP contribution in [0.15, 0.2) is 24.3 Å². The molecule has 0 aliphatic carbocycles. The number of aliphatic hydroxyl groups excluding tert-OH is 3. The van der Waals surface area contributed by atoms with E-state index >= 15 is 0 Å². The summed E-state index contributed by atoms with van der Waals surface area (Å²) in [7, 11) is 0. The molecule has 2 rings (SSSR count). The first kappa shape index (κ1) is 22.9. The van der Waals surface area contributed by atoms with Gasteiger partial charge in [-0.3, -0.25) is 9.59 Å². The van der Waals surface area contributed by atoms with Gasteiger partial charge in [0.1, 0.15) is 24.1 Å². The maximum absolute atomic E-state index is 12.2. The van der Waals surface area contributed by atoms with Gasteiger partial charge in [-0.1, -0.05) is 0 Å². The summed E-state index contributed by atoms with van der Waals surface area (Å²) in [5.41, 5.74) is 6.12. The molecule has 5 N–H and O–H groups in total. The molecule has 10 heteroatoms. The topological polar surface area (TPSA) is 158 Å². The smallest absolute Gasteiger partial charge is 0.320 e. The van der Waals surface area contributed by atoms with Crippen molar-refractivity contribution in [1.82, 2.24) is 0 Å². The van der Waals surface area contributed by atoms with Gasteiger partial charge in [-0.2, -0.15) is 0 Å². The standard InChI is InChI=1S/C19H27NO9/c1-3-26-17(24)12(18(25)27-4-2)9-13-14(21)15(22)16(23)19(29-13)28-11-7-5-10(20)6-8-11/h5-8,12-16,19,21-23H,3-4,9,20H2,1-2H3/t13-,14-,15+,16+,19+/m1/s1. The molecule has 1 aromatic carbocycles. The lowest BCUT2D eigenvalue weighted by atomic mass is 9.91. The van der Waals surface area contributed by atoms with Crippen molar-refractivity contribution in [2.45, 2.75) is 51.0 Å². The highest BCUT2D eigenvalue weighted by Crippen LogP contribution is 2.28. The van der Waals surface area contributed by atoms with E-state index in [1.54, 1.807) is 26.0 Å². The number of nitrogen functional groups attached to an aromatic ring is 1. The number of carbonyl (C=O) groups is 2. The molecule has 1 aromatic rings. The number of nitrogens with two attached hydrogens (primary N) is 1. The van der Waals surface area contributed by atoms with Crippen LogP contribution in [0.3, 0.4) is 0 Å². The number of benzene rings is 1. The maximum atomic E-state index is 12.2. The van der Waals surface area contributed by atoms with Crippen LogP contribution in [0.4, 0.5) is 5.69 Å². The molecule has 0 amide bonds. The van der Waals surface area contributed by atoms with Crippen molar-refractivity contribution < 1.29 is 43.9 Å². The van der Waals surface area contributed by atoms with E-state index in [1.807, 2.05) is 0 Å². The normalized spacial score (nSPS) is 26.8. The number of rotatable bonds is 8. The van der Waals surface area contributed by atoms with Gasteiger partial charge in [0.15, 0.2) is 5.92 Å². The van der Waals surface area contributed by atoms with E-state index in [2.05, 4.69) is 0 Å². The zero-order chi connectivity index (χ0) is 21.6. The Bertz CT molecular complexity index is 663. The van der Waals surface area contributed by atoms with Crippen LogP contribution >= 0.6 is 0 Å². The minimum absolute atomic E-state index is 0.0486. The van der Waals surface area contributed by atoms with Crippen molar-refractivity contribution in [3.05, 3.63) is 24.3 Å². The van der Waals surface area contributed by atoms with Gasteiger partial charge >= 0.3 is 11.9 Å². The molecule has 5 atom stereocenters. The molecule has 1 aliphatic heterocycles. The fourth-order valence-electron chi connectivity index (χ4n) is 2.90. The summed E-state index contributed by atoms with van der Waals surface area (Å²) in [5.74, 6) is -2.73. The van der Waals surface area contributed by atoms with E-state index in [9.17, 15) is 24.9 Å². The van der Waals surface area contributed by atoms with Gasteiger partial charge in [-0.15, -0.1) is 0 Å². The number of carbonyl (C=O) groups excluding carboxylic acids is 2. The first-order valence-electron chi connectivity index (χ1n) is 9.33. The van der Waals surface area contributed by atoms with Gasteiger partial charge in [0.2, 0.25) is 6.29 Å². The van der Waals surface area contributed by atoms with Crippen molar-refractivity contribution in [3.8, 4) is 5.75 Å². The van der Waals surface area contributed by atoms with E-state index in [0.29, 0.717) is 11.4 Å². The quantitative estimate of drug-likeness (QED) is 0.251. The SMILES string of the molecule is CCOC(=O)C(C[C@H]1O[C@H](Oc2ccc(N)cc2)[C@@H](O)[C@@H](O)[C@@H]1O)C(=O)OCC. The first-order valence-corrected chi connectivity index (χ1v) is 9.33. The highest BCUT2D eigenvalue weighted by Gasteiger charge is 2.47. The summed E-state index contributed by atoms with van der Waals surface area (Å²) >= 11 is 0. The van der Waals surface area contributed by atoms with Gasteiger partial charge in [0, 0.05) is 12.1 Å². The summed E-state index contributed by atoms with van der Waals surface area (Å²) in [5, 5.41) is 30.7. The predicted octanol–water partition coefficient (Wildman–Crippen LogP) is -0.412. The molecule has 0 unspecified atom stereocenters. The number of esters is 2. The van der Waals surface area contributed by atoms with Crippen molar-refractivity contribution in [3.63, 3.8) is 0 Å². The molecule has 10 nitrogen and oxygen atoms in total. The second-order valence-corrected chi connectivity index (χ2v) is 6.49. The van der Waals surface area contributed by atoms with Gasteiger partial charge in [0.05, 0.1) is 19.3 Å². The zero-order valence-electron chi connectivity index (χ0n) is 16.3. The van der Waals surface area contributed by atoms with Crippen LogP contribution < -0.4 is 10.5 Å². The van der Waals surface area contributed by atoms with Crippen LogP contribution in [0.5, 0.6) is 5.75 Å². The molecule has 0 spiro atoms. The van der Waals surface area contributed by atoms with Gasteiger partial charge < -0.3 is 40.0 Å². The Morgan fingerprint density at radius 1 is 1.00 bits per heavy atom. The molecule has 1 aliphatic rings. The van der Waals surface area contributed by atoms with Crippen LogP contribution in [0.25, 0.3) is 0 Å². The Morgan fingerprint density at radius 2 is 1.55 bits per heavy atom. The third-order valence-corrected chi connectivity index (χ3v) is 4.41. The van der Waals surface area contributed by atoms with E-state index in [-0.39, 0.29) is 19.6 Å². The Hall–Kier alpha value is -2.40. The molecule has 162 valence electrons. The van der Waals surface area contributed by atoms with Gasteiger partial charge in [0.25, 0.3) is 0 Å². The highest BCUT2D eigenvalue weighted by atomic mass is 16.7. The average Bonchev–Trinajstić information content (AvgIpc) is 2.69. The van der Waals surface area contributed by atoms with E-state index in [4.69, 9.17) is 24.7 Å². The Morgan fingerprint density at radius 3 is 2.07 bits per heavy atom. The molecule has 29 heavy (non-hydrogen) atoms. The monoisotopic (exact) mass is 413 g/mol. The van der Waals surface area contributed by atoms with Crippen LogP contribution in [-0.2, 0) is 23.8 Å². The second kappa shape index (κ2) is 10.4. The summed E-state index contributed by atoms with van der Waals surface area (Å²) in [4.78, 5) is 24.3. The maximum Gasteiger partial charge on any atom is 0.320 e.